The highest BCUT2D eigenvalue weighted by Crippen LogP contribution is 2.17. The third-order valence-electron chi connectivity index (χ3n) is 3.75. The van der Waals surface area contributed by atoms with Gasteiger partial charge in [0.05, 0.1) is 6.61 Å². The van der Waals surface area contributed by atoms with Gasteiger partial charge in [0.25, 0.3) is 17.2 Å². The van der Waals surface area contributed by atoms with Crippen LogP contribution in [0.5, 0.6) is 0 Å². The fourth-order valence-electron chi connectivity index (χ4n) is 2.59. The zero-order chi connectivity index (χ0) is 17.7. The Morgan fingerprint density at radius 2 is 2.00 bits per heavy atom. The van der Waals surface area contributed by atoms with Gasteiger partial charge in [0, 0.05) is 36.9 Å². The minimum Gasteiger partial charge on any atom is -0.450 e. The molecule has 1 aromatic carbocycles. The summed E-state index contributed by atoms with van der Waals surface area (Å²) in [6, 6.07) is 6.21. The summed E-state index contributed by atoms with van der Waals surface area (Å²) in [5.74, 6) is -0.136. The molecular formula is C15H21N3O5S. The van der Waals surface area contributed by atoms with Crippen LogP contribution in [0.2, 0.25) is 0 Å². The van der Waals surface area contributed by atoms with Crippen LogP contribution in [0.1, 0.15) is 24.2 Å². The predicted molar refractivity (Wildman–Crippen MR) is 89.9 cm³/mol. The molecule has 1 heterocycles. The molecule has 1 aliphatic heterocycles. The molecule has 1 fully saturated rings. The second kappa shape index (κ2) is 8.11. The largest absolute Gasteiger partial charge is 0.450 e. The Morgan fingerprint density at radius 3 is 2.54 bits per heavy atom. The summed E-state index contributed by atoms with van der Waals surface area (Å²) >= 11 is -2.15. The molecule has 2 atom stereocenters. The monoisotopic (exact) mass is 355 g/mol. The van der Waals surface area contributed by atoms with Gasteiger partial charge in [-0.05, 0) is 38.1 Å². The van der Waals surface area contributed by atoms with Crippen LogP contribution in [0.25, 0.3) is 0 Å². The maximum Gasteiger partial charge on any atom is 0.409 e. The first-order valence-electron chi connectivity index (χ1n) is 7.62. The van der Waals surface area contributed by atoms with Crippen molar-refractivity contribution in [2.24, 2.45) is 0 Å². The highest BCUT2D eigenvalue weighted by Gasteiger charge is 2.30. The lowest BCUT2D eigenvalue weighted by Gasteiger charge is -2.39. The van der Waals surface area contributed by atoms with Gasteiger partial charge in [-0.15, -0.1) is 0 Å². The molecule has 9 heteroatoms. The molecule has 0 aromatic heterocycles. The molecule has 2 rings (SSSR count). The van der Waals surface area contributed by atoms with E-state index in [1.165, 1.54) is 0 Å². The number of rotatable bonds is 4. The third-order valence-corrected chi connectivity index (χ3v) is 4.16. The minimum atomic E-state index is -2.15. The van der Waals surface area contributed by atoms with Gasteiger partial charge in [0.2, 0.25) is 0 Å². The quantitative estimate of drug-likeness (QED) is 0.798. The van der Waals surface area contributed by atoms with Crippen molar-refractivity contribution in [1.82, 2.24) is 9.80 Å². The third kappa shape index (κ3) is 4.45. The summed E-state index contributed by atoms with van der Waals surface area (Å²) in [5, 5.41) is 0. The van der Waals surface area contributed by atoms with Gasteiger partial charge in [-0.2, -0.15) is 0 Å². The molecule has 1 aliphatic rings. The van der Waals surface area contributed by atoms with Crippen LogP contribution in [0.15, 0.2) is 24.3 Å². The molecule has 0 bridgehead atoms. The van der Waals surface area contributed by atoms with Gasteiger partial charge >= 0.3 is 6.09 Å². The molecule has 132 valence electrons. The van der Waals surface area contributed by atoms with E-state index in [2.05, 4.69) is 4.72 Å². The molecule has 24 heavy (non-hydrogen) atoms. The Bertz CT molecular complexity index is 622. The van der Waals surface area contributed by atoms with E-state index in [0.717, 1.165) is 0 Å². The Morgan fingerprint density at radius 1 is 1.33 bits per heavy atom. The van der Waals surface area contributed by atoms with E-state index < -0.39 is 11.3 Å². The maximum absolute atomic E-state index is 12.6. The SMILES string of the molecule is CCOC(=O)N1CCN(C(=O)c2ccc(NS(=O)O)cc2)C(C)C1. The number of nitrogens with zero attached hydrogens (tertiary/aromatic N) is 2. The molecule has 0 aliphatic carbocycles. The number of amides is 2. The van der Waals surface area contributed by atoms with Crippen LogP contribution in [-0.2, 0) is 16.0 Å². The summed E-state index contributed by atoms with van der Waals surface area (Å²) < 4.78 is 26.8. The zero-order valence-electron chi connectivity index (χ0n) is 13.6. The fraction of sp³-hybridized carbons (Fsp3) is 0.467. The molecule has 0 spiro atoms. The highest BCUT2D eigenvalue weighted by atomic mass is 32.2. The highest BCUT2D eigenvalue weighted by molar-refractivity contribution is 7.80. The number of benzene rings is 1. The van der Waals surface area contributed by atoms with Crippen LogP contribution in [-0.4, -0.2) is 62.8 Å². The number of carbonyl (C=O) groups excluding carboxylic acids is 2. The summed E-state index contributed by atoms with van der Waals surface area (Å²) in [6.07, 6.45) is -0.358. The fourth-order valence-corrected chi connectivity index (χ4v) is 2.93. The smallest absolute Gasteiger partial charge is 0.409 e. The lowest BCUT2D eigenvalue weighted by atomic mass is 10.1. The first kappa shape index (κ1) is 18.2. The van der Waals surface area contributed by atoms with Crippen LogP contribution in [0.3, 0.4) is 0 Å². The predicted octanol–water partition coefficient (Wildman–Crippen LogP) is 1.54. The number of anilines is 1. The molecule has 0 saturated carbocycles. The Hall–Kier alpha value is -2.13. The van der Waals surface area contributed by atoms with Crippen LogP contribution in [0, 0.1) is 0 Å². The van der Waals surface area contributed by atoms with E-state index in [-0.39, 0.29) is 18.0 Å². The van der Waals surface area contributed by atoms with Crippen molar-refractivity contribution in [3.05, 3.63) is 29.8 Å². The summed E-state index contributed by atoms with van der Waals surface area (Å²) in [7, 11) is 0. The number of ether oxygens (including phenoxy) is 1. The van der Waals surface area contributed by atoms with Gasteiger partial charge in [-0.25, -0.2) is 9.00 Å². The van der Waals surface area contributed by atoms with Crippen LogP contribution in [0.4, 0.5) is 10.5 Å². The molecule has 8 nitrogen and oxygen atoms in total. The van der Waals surface area contributed by atoms with Crippen molar-refractivity contribution in [2.45, 2.75) is 19.9 Å². The van der Waals surface area contributed by atoms with Gasteiger partial charge in [-0.1, -0.05) is 0 Å². The Balaban J connectivity index is 2.00. The number of carbonyl (C=O) groups is 2. The van der Waals surface area contributed by atoms with E-state index in [9.17, 15) is 13.8 Å². The normalized spacial score (nSPS) is 18.9. The van der Waals surface area contributed by atoms with Crippen molar-refractivity contribution in [2.75, 3.05) is 31.0 Å². The van der Waals surface area contributed by atoms with E-state index in [0.29, 0.717) is 37.5 Å². The first-order chi connectivity index (χ1) is 11.4. The van der Waals surface area contributed by atoms with Crippen molar-refractivity contribution in [3.8, 4) is 0 Å². The average Bonchev–Trinajstić information content (AvgIpc) is 2.54. The molecule has 0 radical (unpaired) electrons. The topological polar surface area (TPSA) is 99.2 Å². The first-order valence-corrected chi connectivity index (χ1v) is 8.73. The lowest BCUT2D eigenvalue weighted by Crippen LogP contribution is -2.55. The van der Waals surface area contributed by atoms with Crippen molar-refractivity contribution in [1.29, 1.82) is 0 Å². The number of piperazine rings is 1. The van der Waals surface area contributed by atoms with Gasteiger partial charge in [0.1, 0.15) is 0 Å². The molecule has 2 unspecified atom stereocenters. The molecule has 1 saturated heterocycles. The molecule has 2 amide bonds. The Kier molecular flexibility index (Phi) is 6.16. The second-order valence-electron chi connectivity index (χ2n) is 5.42. The average molecular weight is 355 g/mol. The maximum atomic E-state index is 12.6. The van der Waals surface area contributed by atoms with Crippen LogP contribution < -0.4 is 4.72 Å². The number of hydrogen-bond acceptors (Lipinski definition) is 4. The van der Waals surface area contributed by atoms with Gasteiger partial charge in [0.15, 0.2) is 0 Å². The van der Waals surface area contributed by atoms with E-state index >= 15 is 0 Å². The summed E-state index contributed by atoms with van der Waals surface area (Å²) in [4.78, 5) is 27.7. The number of hydrogen-bond donors (Lipinski definition) is 2. The molecular weight excluding hydrogens is 334 g/mol. The lowest BCUT2D eigenvalue weighted by molar-refractivity contribution is 0.0423. The van der Waals surface area contributed by atoms with E-state index in [1.807, 2.05) is 6.92 Å². The van der Waals surface area contributed by atoms with E-state index in [1.54, 1.807) is 41.0 Å². The molecule has 2 N–H and O–H groups in total. The second-order valence-corrected chi connectivity index (χ2v) is 6.12. The van der Waals surface area contributed by atoms with Gasteiger partial charge in [-0.3, -0.25) is 14.1 Å². The minimum absolute atomic E-state index is 0.126. The molecule has 1 aromatic rings. The Labute approximate surface area is 143 Å². The summed E-state index contributed by atoms with van der Waals surface area (Å²) in [5.41, 5.74) is 0.938. The standard InChI is InChI=1S/C15H21N3O5S/c1-3-23-15(20)17-8-9-18(11(2)10-17)14(19)12-4-6-13(7-5-12)16-24(21)22/h4-7,11,16H,3,8-10H2,1-2H3,(H,21,22). The van der Waals surface area contributed by atoms with Gasteiger partial charge < -0.3 is 14.5 Å². The zero-order valence-corrected chi connectivity index (χ0v) is 14.4. The van der Waals surface area contributed by atoms with Crippen molar-refractivity contribution >= 4 is 29.0 Å². The summed E-state index contributed by atoms with van der Waals surface area (Å²) in [6.45, 7) is 5.25. The van der Waals surface area contributed by atoms with Crippen molar-refractivity contribution in [3.63, 3.8) is 0 Å². The van der Waals surface area contributed by atoms with Crippen LogP contribution >= 0.6 is 0 Å². The number of nitrogens with one attached hydrogen (secondary N) is 1. The van der Waals surface area contributed by atoms with Crippen molar-refractivity contribution < 1.29 is 23.1 Å². The van der Waals surface area contributed by atoms with E-state index in [4.69, 9.17) is 9.29 Å².